The molecule has 0 radical (unpaired) electrons. The van der Waals surface area contributed by atoms with Gasteiger partial charge in [0.1, 0.15) is 17.5 Å². The Labute approximate surface area is 127 Å². The van der Waals surface area contributed by atoms with E-state index < -0.39 is 0 Å². The highest BCUT2D eigenvalue weighted by Gasteiger charge is 2.20. The zero-order valence-electron chi connectivity index (χ0n) is 13.7. The molecule has 1 aliphatic rings. The summed E-state index contributed by atoms with van der Waals surface area (Å²) in [5, 5.41) is 6.75. The van der Waals surface area contributed by atoms with Gasteiger partial charge in [0, 0.05) is 31.2 Å². The fraction of sp³-hybridized carbons (Fsp3) is 0.750. The van der Waals surface area contributed by atoms with E-state index in [1.54, 1.807) is 0 Å². The van der Waals surface area contributed by atoms with Gasteiger partial charge in [-0.05, 0) is 19.3 Å². The molecule has 0 aromatic carbocycles. The fourth-order valence-corrected chi connectivity index (χ4v) is 2.24. The molecule has 2 rings (SSSR count). The number of aromatic nitrogens is 2. The minimum atomic E-state index is -0.0653. The van der Waals surface area contributed by atoms with Crippen LogP contribution in [0.15, 0.2) is 6.07 Å². The zero-order chi connectivity index (χ0) is 15.3. The highest BCUT2D eigenvalue weighted by molar-refractivity contribution is 5.48. The lowest BCUT2D eigenvalue weighted by Crippen LogP contribution is -2.22. The topological polar surface area (TPSA) is 59.1 Å². The summed E-state index contributed by atoms with van der Waals surface area (Å²) in [6.45, 7) is 11.2. The van der Waals surface area contributed by atoms with E-state index in [-0.39, 0.29) is 5.41 Å². The molecule has 1 saturated heterocycles. The monoisotopic (exact) mass is 292 g/mol. The Morgan fingerprint density at radius 2 is 1.95 bits per heavy atom. The van der Waals surface area contributed by atoms with Gasteiger partial charge in [0.05, 0.1) is 6.10 Å². The number of hydrogen-bond donors (Lipinski definition) is 2. The van der Waals surface area contributed by atoms with E-state index in [9.17, 15) is 0 Å². The van der Waals surface area contributed by atoms with E-state index >= 15 is 0 Å². The van der Waals surface area contributed by atoms with Crippen LogP contribution in [-0.2, 0) is 10.2 Å². The lowest BCUT2D eigenvalue weighted by atomic mass is 9.96. The van der Waals surface area contributed by atoms with Gasteiger partial charge in [-0.1, -0.05) is 27.7 Å². The third-order valence-corrected chi connectivity index (χ3v) is 3.49. The van der Waals surface area contributed by atoms with Crippen LogP contribution in [0.3, 0.4) is 0 Å². The highest BCUT2D eigenvalue weighted by Crippen LogP contribution is 2.22. The van der Waals surface area contributed by atoms with Crippen molar-refractivity contribution in [3.63, 3.8) is 0 Å². The van der Waals surface area contributed by atoms with Crippen molar-refractivity contribution in [2.75, 3.05) is 30.3 Å². The predicted octanol–water partition coefficient (Wildman–Crippen LogP) is 3.19. The molecule has 0 aliphatic carbocycles. The molecule has 0 amide bonds. The summed E-state index contributed by atoms with van der Waals surface area (Å²) in [5.41, 5.74) is -0.0653. The van der Waals surface area contributed by atoms with Crippen molar-refractivity contribution in [1.82, 2.24) is 9.97 Å². The van der Waals surface area contributed by atoms with Gasteiger partial charge in [-0.15, -0.1) is 0 Å². The maximum absolute atomic E-state index is 5.65. The van der Waals surface area contributed by atoms with Crippen LogP contribution in [0.5, 0.6) is 0 Å². The summed E-state index contributed by atoms with van der Waals surface area (Å²) in [6.07, 6.45) is 3.68. The van der Waals surface area contributed by atoms with Gasteiger partial charge < -0.3 is 15.4 Å². The number of nitrogens with one attached hydrogen (secondary N) is 2. The molecule has 0 spiro atoms. The molecule has 21 heavy (non-hydrogen) atoms. The molecule has 0 saturated carbocycles. The van der Waals surface area contributed by atoms with Crippen LogP contribution in [0.25, 0.3) is 0 Å². The summed E-state index contributed by atoms with van der Waals surface area (Å²) in [7, 11) is 0. The van der Waals surface area contributed by atoms with Crippen LogP contribution in [0, 0.1) is 0 Å². The Bertz CT molecular complexity index is 450. The number of nitrogens with zero attached hydrogens (tertiary/aromatic N) is 2. The smallest absolute Gasteiger partial charge is 0.138 e. The molecule has 0 bridgehead atoms. The minimum absolute atomic E-state index is 0.0653. The SMILES string of the molecule is CCCNc1cc(NCC2CCCO2)nc(C(C)(C)C)n1. The summed E-state index contributed by atoms with van der Waals surface area (Å²) in [6, 6.07) is 1.99. The van der Waals surface area contributed by atoms with Crippen molar-refractivity contribution >= 4 is 11.6 Å². The molecule has 2 heterocycles. The van der Waals surface area contributed by atoms with Gasteiger partial charge >= 0.3 is 0 Å². The molecule has 118 valence electrons. The second-order valence-corrected chi connectivity index (χ2v) is 6.65. The number of hydrogen-bond acceptors (Lipinski definition) is 5. The summed E-state index contributed by atoms with van der Waals surface area (Å²) in [4.78, 5) is 9.28. The predicted molar refractivity (Wildman–Crippen MR) is 87.0 cm³/mol. The maximum Gasteiger partial charge on any atom is 0.138 e. The van der Waals surface area contributed by atoms with Crippen molar-refractivity contribution < 1.29 is 4.74 Å². The van der Waals surface area contributed by atoms with Crippen molar-refractivity contribution in [2.24, 2.45) is 0 Å². The van der Waals surface area contributed by atoms with Crippen molar-refractivity contribution in [3.05, 3.63) is 11.9 Å². The summed E-state index contributed by atoms with van der Waals surface area (Å²) >= 11 is 0. The van der Waals surface area contributed by atoms with E-state index in [1.165, 1.54) is 0 Å². The normalized spacial score (nSPS) is 18.8. The van der Waals surface area contributed by atoms with E-state index in [0.717, 1.165) is 56.4 Å². The van der Waals surface area contributed by atoms with E-state index in [4.69, 9.17) is 4.74 Å². The molecule has 1 aromatic rings. The van der Waals surface area contributed by atoms with Crippen LogP contribution in [0.2, 0.25) is 0 Å². The molecule has 1 fully saturated rings. The number of anilines is 2. The van der Waals surface area contributed by atoms with Crippen LogP contribution < -0.4 is 10.6 Å². The maximum atomic E-state index is 5.65. The first-order chi connectivity index (χ1) is 9.99. The van der Waals surface area contributed by atoms with E-state index in [2.05, 4.69) is 48.3 Å². The third kappa shape index (κ3) is 4.84. The van der Waals surface area contributed by atoms with Gasteiger partial charge in [0.15, 0.2) is 0 Å². The zero-order valence-corrected chi connectivity index (χ0v) is 13.7. The van der Waals surface area contributed by atoms with Crippen molar-refractivity contribution in [2.45, 2.75) is 58.5 Å². The Morgan fingerprint density at radius 1 is 1.24 bits per heavy atom. The van der Waals surface area contributed by atoms with Gasteiger partial charge in [0.25, 0.3) is 0 Å². The van der Waals surface area contributed by atoms with Gasteiger partial charge in [0.2, 0.25) is 0 Å². The van der Waals surface area contributed by atoms with Crippen LogP contribution in [0.4, 0.5) is 11.6 Å². The van der Waals surface area contributed by atoms with Gasteiger partial charge in [-0.3, -0.25) is 0 Å². The number of rotatable bonds is 6. The largest absolute Gasteiger partial charge is 0.376 e. The van der Waals surface area contributed by atoms with Crippen LogP contribution in [-0.4, -0.2) is 35.8 Å². The van der Waals surface area contributed by atoms with Gasteiger partial charge in [-0.2, -0.15) is 0 Å². The molecule has 1 atom stereocenters. The lowest BCUT2D eigenvalue weighted by Gasteiger charge is -2.20. The van der Waals surface area contributed by atoms with Crippen molar-refractivity contribution in [3.8, 4) is 0 Å². The first kappa shape index (κ1) is 16.0. The van der Waals surface area contributed by atoms with Crippen LogP contribution >= 0.6 is 0 Å². The quantitative estimate of drug-likeness (QED) is 0.843. The molecule has 1 unspecified atom stereocenters. The van der Waals surface area contributed by atoms with E-state index in [0.29, 0.717) is 6.10 Å². The second-order valence-electron chi connectivity index (χ2n) is 6.65. The average molecular weight is 292 g/mol. The molecule has 1 aromatic heterocycles. The third-order valence-electron chi connectivity index (χ3n) is 3.49. The molecular weight excluding hydrogens is 264 g/mol. The average Bonchev–Trinajstić information content (AvgIpc) is 2.95. The summed E-state index contributed by atoms with van der Waals surface area (Å²) in [5.74, 6) is 2.63. The Kier molecular flexibility index (Phi) is 5.39. The van der Waals surface area contributed by atoms with Gasteiger partial charge in [-0.25, -0.2) is 9.97 Å². The molecule has 1 aliphatic heterocycles. The van der Waals surface area contributed by atoms with E-state index in [1.807, 2.05) is 6.07 Å². The lowest BCUT2D eigenvalue weighted by molar-refractivity contribution is 0.120. The molecular formula is C16H28N4O. The first-order valence-corrected chi connectivity index (χ1v) is 7.98. The fourth-order valence-electron chi connectivity index (χ4n) is 2.24. The Morgan fingerprint density at radius 3 is 2.52 bits per heavy atom. The minimum Gasteiger partial charge on any atom is -0.376 e. The highest BCUT2D eigenvalue weighted by atomic mass is 16.5. The number of ether oxygens (including phenoxy) is 1. The molecule has 2 N–H and O–H groups in total. The summed E-state index contributed by atoms with van der Waals surface area (Å²) < 4.78 is 5.65. The standard InChI is InChI=1S/C16H28N4O/c1-5-8-17-13-10-14(18-11-12-7-6-9-21-12)20-15(19-13)16(2,3)4/h10,12H,5-9,11H2,1-4H3,(H2,17,18,19,20). The Hall–Kier alpha value is -1.36. The van der Waals surface area contributed by atoms with Crippen molar-refractivity contribution in [1.29, 1.82) is 0 Å². The second kappa shape index (κ2) is 7.07. The molecule has 5 heteroatoms. The first-order valence-electron chi connectivity index (χ1n) is 7.98. The molecule has 5 nitrogen and oxygen atoms in total. The Balaban J connectivity index is 2.09. The van der Waals surface area contributed by atoms with Crippen LogP contribution in [0.1, 0.15) is 52.8 Å².